The molecule has 0 aromatic rings. The molecule has 15 heavy (non-hydrogen) atoms. The lowest BCUT2D eigenvalue weighted by Gasteiger charge is -2.33. The van der Waals surface area contributed by atoms with Gasteiger partial charge in [-0.3, -0.25) is 4.79 Å². The van der Waals surface area contributed by atoms with E-state index in [-0.39, 0.29) is 5.78 Å². The Bertz CT molecular complexity index is 326. The number of carbonyl (C=O) groups is 1. The third-order valence-electron chi connectivity index (χ3n) is 2.89. The van der Waals surface area contributed by atoms with Crippen LogP contribution < -0.4 is 0 Å². The minimum Gasteiger partial charge on any atom is -0.356 e. The summed E-state index contributed by atoms with van der Waals surface area (Å²) in [4.78, 5) is 15.6. The fraction of sp³-hybridized carbons (Fsp3) is 0.700. The third-order valence-corrected chi connectivity index (χ3v) is 2.89. The van der Waals surface area contributed by atoms with Crippen molar-refractivity contribution in [3.63, 3.8) is 0 Å². The van der Waals surface area contributed by atoms with Gasteiger partial charge in [0.05, 0.1) is 6.42 Å². The van der Waals surface area contributed by atoms with Crippen molar-refractivity contribution < 1.29 is 4.79 Å². The van der Waals surface area contributed by atoms with E-state index in [1.807, 2.05) is 0 Å². The number of amidine groups is 1. The highest BCUT2D eigenvalue weighted by atomic mass is 16.1. The molecule has 5 heteroatoms. The Balaban J connectivity index is 1.90. The summed E-state index contributed by atoms with van der Waals surface area (Å²) in [5.74, 6) is 0.983. The quantitative estimate of drug-likeness (QED) is 0.608. The summed E-state index contributed by atoms with van der Waals surface area (Å²) < 4.78 is 0. The second kappa shape index (κ2) is 4.10. The van der Waals surface area contributed by atoms with Crippen molar-refractivity contribution >= 4 is 17.3 Å². The van der Waals surface area contributed by atoms with E-state index < -0.39 is 0 Å². The molecule has 1 saturated heterocycles. The van der Waals surface area contributed by atoms with Crippen LogP contribution in [0.1, 0.15) is 13.3 Å². The van der Waals surface area contributed by atoms with E-state index in [9.17, 15) is 4.79 Å². The van der Waals surface area contributed by atoms with Gasteiger partial charge in [-0.2, -0.15) is 0 Å². The molecule has 0 unspecified atom stereocenters. The van der Waals surface area contributed by atoms with Crippen LogP contribution in [0.4, 0.5) is 0 Å². The highest BCUT2D eigenvalue weighted by molar-refractivity contribution is 6.43. The molecule has 82 valence electrons. The molecule has 0 saturated carbocycles. The largest absolute Gasteiger partial charge is 0.356 e. The van der Waals surface area contributed by atoms with Crippen molar-refractivity contribution in [1.29, 1.82) is 0 Å². The molecule has 0 aromatic carbocycles. The molecule has 0 aromatic heterocycles. The van der Waals surface area contributed by atoms with Crippen molar-refractivity contribution in [1.82, 2.24) is 9.80 Å². The van der Waals surface area contributed by atoms with Crippen LogP contribution in [-0.2, 0) is 4.79 Å². The van der Waals surface area contributed by atoms with Crippen LogP contribution in [0.3, 0.4) is 0 Å². The standard InChI is InChI=1S/C10H16N4O/c1-8(15)9-7-10(12-11-9)14-5-3-13(2)4-6-14/h3-7H2,1-2H3. The zero-order chi connectivity index (χ0) is 10.8. The van der Waals surface area contributed by atoms with Gasteiger partial charge in [-0.15, -0.1) is 10.2 Å². The lowest BCUT2D eigenvalue weighted by Crippen LogP contribution is -2.47. The average Bonchev–Trinajstić information content (AvgIpc) is 2.68. The van der Waals surface area contributed by atoms with Crippen molar-refractivity contribution in [3.8, 4) is 0 Å². The van der Waals surface area contributed by atoms with Crippen LogP contribution in [0.15, 0.2) is 10.2 Å². The van der Waals surface area contributed by atoms with Crippen LogP contribution >= 0.6 is 0 Å². The average molecular weight is 208 g/mol. The maximum atomic E-state index is 11.1. The van der Waals surface area contributed by atoms with Gasteiger partial charge < -0.3 is 9.80 Å². The molecule has 2 aliphatic heterocycles. The molecular weight excluding hydrogens is 192 g/mol. The molecule has 2 aliphatic rings. The number of likely N-dealkylation sites (N-methyl/N-ethyl adjacent to an activating group) is 1. The predicted molar refractivity (Wildman–Crippen MR) is 59.2 cm³/mol. The Labute approximate surface area is 89.5 Å². The maximum absolute atomic E-state index is 11.1. The van der Waals surface area contributed by atoms with Gasteiger partial charge in [0.2, 0.25) is 0 Å². The van der Waals surface area contributed by atoms with Crippen molar-refractivity contribution in [2.24, 2.45) is 10.2 Å². The Morgan fingerprint density at radius 1 is 1.20 bits per heavy atom. The van der Waals surface area contributed by atoms with E-state index in [2.05, 4.69) is 27.1 Å². The van der Waals surface area contributed by atoms with Crippen LogP contribution in [0.25, 0.3) is 0 Å². The zero-order valence-corrected chi connectivity index (χ0v) is 9.23. The summed E-state index contributed by atoms with van der Waals surface area (Å²) >= 11 is 0. The van der Waals surface area contributed by atoms with Crippen LogP contribution in [0.2, 0.25) is 0 Å². The summed E-state index contributed by atoms with van der Waals surface area (Å²) in [6.07, 6.45) is 0.610. The summed E-state index contributed by atoms with van der Waals surface area (Å²) in [6, 6.07) is 0. The molecular formula is C10H16N4O. The van der Waals surface area contributed by atoms with Crippen LogP contribution in [0.5, 0.6) is 0 Å². The number of carbonyl (C=O) groups excluding carboxylic acids is 1. The van der Waals surface area contributed by atoms with E-state index in [4.69, 9.17) is 0 Å². The topological polar surface area (TPSA) is 48.3 Å². The minimum absolute atomic E-state index is 0.0304. The molecule has 0 spiro atoms. The first kappa shape index (κ1) is 10.3. The van der Waals surface area contributed by atoms with E-state index in [1.165, 1.54) is 0 Å². The van der Waals surface area contributed by atoms with Gasteiger partial charge in [0.15, 0.2) is 5.78 Å². The normalized spacial score (nSPS) is 22.7. The zero-order valence-electron chi connectivity index (χ0n) is 9.23. The second-order valence-corrected chi connectivity index (χ2v) is 4.09. The Hall–Kier alpha value is -1.23. The molecule has 0 N–H and O–H groups in total. The number of piperazine rings is 1. The van der Waals surface area contributed by atoms with E-state index >= 15 is 0 Å². The van der Waals surface area contributed by atoms with E-state index in [0.717, 1.165) is 32.0 Å². The minimum atomic E-state index is 0.0304. The van der Waals surface area contributed by atoms with Gasteiger partial charge in [0.25, 0.3) is 0 Å². The van der Waals surface area contributed by atoms with Gasteiger partial charge in [0, 0.05) is 33.1 Å². The molecule has 0 bridgehead atoms. The van der Waals surface area contributed by atoms with Crippen molar-refractivity contribution in [2.45, 2.75) is 13.3 Å². The molecule has 0 aliphatic carbocycles. The highest BCUT2D eigenvalue weighted by Gasteiger charge is 2.23. The van der Waals surface area contributed by atoms with E-state index in [0.29, 0.717) is 12.1 Å². The first-order valence-electron chi connectivity index (χ1n) is 5.24. The van der Waals surface area contributed by atoms with Gasteiger partial charge in [0.1, 0.15) is 11.5 Å². The fourth-order valence-electron chi connectivity index (χ4n) is 1.77. The smallest absolute Gasteiger partial charge is 0.176 e. The van der Waals surface area contributed by atoms with Crippen molar-refractivity contribution in [3.05, 3.63) is 0 Å². The number of rotatable bonds is 1. The molecule has 0 radical (unpaired) electrons. The number of Topliss-reactive ketones (excluding diaryl/α,β-unsaturated/α-hetero) is 1. The third kappa shape index (κ3) is 2.23. The Morgan fingerprint density at radius 3 is 2.40 bits per heavy atom. The molecule has 2 rings (SSSR count). The molecule has 5 nitrogen and oxygen atoms in total. The SMILES string of the molecule is CC(=O)C1=NN=C(N2CCN(C)CC2)C1. The van der Waals surface area contributed by atoms with Gasteiger partial charge in [-0.25, -0.2) is 0 Å². The first-order valence-corrected chi connectivity index (χ1v) is 5.24. The Kier molecular flexibility index (Phi) is 2.81. The van der Waals surface area contributed by atoms with E-state index in [1.54, 1.807) is 6.92 Å². The number of ketones is 1. The first-order chi connectivity index (χ1) is 7.16. The molecule has 2 heterocycles. The molecule has 1 fully saturated rings. The molecule has 0 atom stereocenters. The maximum Gasteiger partial charge on any atom is 0.176 e. The van der Waals surface area contributed by atoms with Gasteiger partial charge in [-0.05, 0) is 7.05 Å². The fourth-order valence-corrected chi connectivity index (χ4v) is 1.77. The van der Waals surface area contributed by atoms with Crippen LogP contribution in [-0.4, -0.2) is 60.4 Å². The summed E-state index contributed by atoms with van der Waals surface area (Å²) in [6.45, 7) is 5.61. The highest BCUT2D eigenvalue weighted by Crippen LogP contribution is 2.10. The van der Waals surface area contributed by atoms with Crippen LogP contribution in [0, 0.1) is 0 Å². The summed E-state index contributed by atoms with van der Waals surface area (Å²) in [5.41, 5.74) is 0.587. The predicted octanol–water partition coefficient (Wildman–Crippen LogP) is -0.0190. The lowest BCUT2D eigenvalue weighted by atomic mass is 10.2. The van der Waals surface area contributed by atoms with Gasteiger partial charge >= 0.3 is 0 Å². The number of nitrogens with zero attached hydrogens (tertiary/aromatic N) is 4. The Morgan fingerprint density at radius 2 is 1.87 bits per heavy atom. The summed E-state index contributed by atoms with van der Waals surface area (Å²) in [7, 11) is 2.12. The van der Waals surface area contributed by atoms with Crippen molar-refractivity contribution in [2.75, 3.05) is 33.2 Å². The number of hydrogen-bond acceptors (Lipinski definition) is 5. The summed E-state index contributed by atoms with van der Waals surface area (Å²) in [5, 5.41) is 7.99. The lowest BCUT2D eigenvalue weighted by molar-refractivity contribution is -0.111. The number of hydrogen-bond donors (Lipinski definition) is 0. The van der Waals surface area contributed by atoms with Gasteiger partial charge in [-0.1, -0.05) is 0 Å². The monoisotopic (exact) mass is 208 g/mol. The second-order valence-electron chi connectivity index (χ2n) is 4.09. The molecule has 0 amide bonds.